The first-order chi connectivity index (χ1) is 23.2. The van der Waals surface area contributed by atoms with Gasteiger partial charge in [-0.3, -0.25) is 24.1 Å². The van der Waals surface area contributed by atoms with Crippen LogP contribution in [0.5, 0.6) is 11.5 Å². The zero-order valence-corrected chi connectivity index (χ0v) is 27.4. The van der Waals surface area contributed by atoms with Gasteiger partial charge in [0.05, 0.1) is 25.0 Å². The minimum atomic E-state index is -2.68. The van der Waals surface area contributed by atoms with Gasteiger partial charge in [-0.05, 0) is 54.8 Å². The predicted octanol–water partition coefficient (Wildman–Crippen LogP) is 6.31. The van der Waals surface area contributed by atoms with E-state index in [1.165, 1.54) is 29.5 Å². The zero-order valence-electron chi connectivity index (χ0n) is 25.1. The smallest absolute Gasteiger partial charge is 0.258 e. The summed E-state index contributed by atoms with van der Waals surface area (Å²) in [4.78, 5) is 52.6. The molecule has 1 N–H and O–H groups in total. The van der Waals surface area contributed by atoms with Gasteiger partial charge in [0, 0.05) is 10.8 Å². The number of allylic oxidation sites excluding steroid dienone is 2. The Hall–Kier alpha value is -4.01. The van der Waals surface area contributed by atoms with Gasteiger partial charge in [-0.25, -0.2) is 26.9 Å². The van der Waals surface area contributed by atoms with Crippen molar-refractivity contribution < 1.29 is 51.0 Å². The number of amides is 4. The third-order valence-electron chi connectivity index (χ3n) is 9.82. The molecule has 3 aromatic rings. The quantitative estimate of drug-likeness (QED) is 0.0794. The Morgan fingerprint density at radius 1 is 0.939 bits per heavy atom. The number of phenolic OH excluding ortho intramolecular Hbond substituents is 1. The minimum absolute atomic E-state index is 0.0135. The minimum Gasteiger partial charge on any atom is -0.504 e. The van der Waals surface area contributed by atoms with Crippen LogP contribution in [0.1, 0.15) is 36.1 Å². The van der Waals surface area contributed by atoms with Gasteiger partial charge in [-0.15, -0.1) is 34.5 Å². The van der Waals surface area contributed by atoms with Gasteiger partial charge >= 0.3 is 0 Å². The van der Waals surface area contributed by atoms with Gasteiger partial charge in [-0.2, -0.15) is 0 Å². The molecule has 4 aliphatic rings. The molecule has 49 heavy (non-hydrogen) atoms. The lowest BCUT2D eigenvalue weighted by Gasteiger charge is -2.50. The number of hydrogen-bond donors (Lipinski definition) is 1. The van der Waals surface area contributed by atoms with Crippen LogP contribution in [0.4, 0.5) is 27.6 Å². The summed E-state index contributed by atoms with van der Waals surface area (Å²) in [5, 5.41) is 12.2. The third kappa shape index (κ3) is 4.45. The Morgan fingerprint density at radius 2 is 1.61 bits per heavy atom. The van der Waals surface area contributed by atoms with Crippen molar-refractivity contribution >= 4 is 63.9 Å². The number of carbonyl (C=O) groups is 4. The SMILES string of the molecule is CCOc1cc(C2C3=CCC4C(=O)N(Cc5cccs5)C(=O)C4C3CC3(Cl)C(=O)N(c4c(F)c(F)c(F)c(F)c4F)C(=O)C23Cl)ccc1O. The second-order valence-electron chi connectivity index (χ2n) is 12.2. The summed E-state index contributed by atoms with van der Waals surface area (Å²) in [6, 6.07) is 7.36. The Labute approximate surface area is 288 Å². The van der Waals surface area contributed by atoms with E-state index in [-0.39, 0.29) is 41.5 Å². The average Bonchev–Trinajstić information content (AvgIpc) is 3.72. The lowest BCUT2D eigenvalue weighted by molar-refractivity contribution is -0.141. The number of phenols is 1. The Bertz CT molecular complexity index is 1980. The zero-order chi connectivity index (χ0) is 35.3. The summed E-state index contributed by atoms with van der Waals surface area (Å²) in [7, 11) is 0. The van der Waals surface area contributed by atoms with Crippen molar-refractivity contribution in [3.05, 3.63) is 86.9 Å². The maximum absolute atomic E-state index is 15.2. The standard InChI is InChI=1S/C33H23Cl2F5N2O6S/c1-2-48-19-10-13(5-8-18(19)43)21-15-6-7-16-20(29(45)41(28(16)44)12-14-4-3-9-49-14)17(15)11-32(34)30(46)42(31(47)33(21,32)35)27-25(39)23(37)22(36)24(38)26(27)40/h3-6,8-10,16-17,20-21,43H,2,7,11-12H2,1H3. The number of fused-ring (bicyclic) bond motifs is 4. The molecule has 2 aliphatic heterocycles. The van der Waals surface area contributed by atoms with Crippen molar-refractivity contribution in [1.82, 2.24) is 4.90 Å². The van der Waals surface area contributed by atoms with E-state index in [0.29, 0.717) is 5.57 Å². The number of halogens is 7. The summed E-state index contributed by atoms with van der Waals surface area (Å²) < 4.78 is 78.8. The Balaban J connectivity index is 1.42. The number of hydrogen-bond acceptors (Lipinski definition) is 7. The van der Waals surface area contributed by atoms with E-state index in [1.807, 2.05) is 0 Å². The van der Waals surface area contributed by atoms with E-state index in [1.54, 1.807) is 30.5 Å². The van der Waals surface area contributed by atoms with Crippen LogP contribution in [0, 0.1) is 46.8 Å². The van der Waals surface area contributed by atoms with Crippen molar-refractivity contribution in [2.45, 2.75) is 42.0 Å². The predicted molar refractivity (Wildman–Crippen MR) is 166 cm³/mol. The maximum atomic E-state index is 15.2. The van der Waals surface area contributed by atoms with Gasteiger partial charge in [0.25, 0.3) is 11.8 Å². The summed E-state index contributed by atoms with van der Waals surface area (Å²) in [5.41, 5.74) is -1.45. The second-order valence-corrected chi connectivity index (χ2v) is 14.5. The van der Waals surface area contributed by atoms with E-state index < -0.39 is 98.2 Å². The highest BCUT2D eigenvalue weighted by Crippen LogP contribution is 2.66. The molecule has 1 aromatic heterocycles. The van der Waals surface area contributed by atoms with Gasteiger partial charge < -0.3 is 9.84 Å². The summed E-state index contributed by atoms with van der Waals surface area (Å²) in [6.07, 6.45) is 1.00. The molecule has 6 atom stereocenters. The summed E-state index contributed by atoms with van der Waals surface area (Å²) >= 11 is 15.6. The number of carbonyl (C=O) groups excluding carboxylic acids is 4. The van der Waals surface area contributed by atoms with Gasteiger partial charge in [0.2, 0.25) is 17.6 Å². The van der Waals surface area contributed by atoms with E-state index in [2.05, 4.69) is 0 Å². The number of aromatic hydroxyl groups is 1. The molecule has 8 nitrogen and oxygen atoms in total. The maximum Gasteiger partial charge on any atom is 0.258 e. The molecule has 16 heteroatoms. The highest BCUT2D eigenvalue weighted by molar-refractivity contribution is 7.09. The van der Waals surface area contributed by atoms with Crippen LogP contribution in [-0.2, 0) is 25.7 Å². The fourth-order valence-electron chi connectivity index (χ4n) is 7.70. The molecule has 3 heterocycles. The largest absolute Gasteiger partial charge is 0.504 e. The second kappa shape index (κ2) is 11.5. The molecule has 0 radical (unpaired) electrons. The topological polar surface area (TPSA) is 104 Å². The van der Waals surface area contributed by atoms with Gasteiger partial charge in [-0.1, -0.05) is 23.8 Å². The number of nitrogens with zero attached hydrogens (tertiary/aromatic N) is 2. The van der Waals surface area contributed by atoms with E-state index >= 15 is 8.78 Å². The van der Waals surface area contributed by atoms with Crippen molar-refractivity contribution in [2.24, 2.45) is 17.8 Å². The van der Waals surface area contributed by atoms with Crippen LogP contribution in [0.25, 0.3) is 0 Å². The van der Waals surface area contributed by atoms with Crippen LogP contribution in [-0.4, -0.2) is 50.0 Å². The molecule has 7 rings (SSSR count). The molecule has 4 amide bonds. The normalized spacial score (nSPS) is 29.3. The molecule has 6 unspecified atom stereocenters. The molecular formula is C33H23Cl2F5N2O6S. The first-order valence-corrected chi connectivity index (χ1v) is 16.6. The van der Waals surface area contributed by atoms with Crippen molar-refractivity contribution in [2.75, 3.05) is 11.5 Å². The number of imide groups is 2. The highest BCUT2D eigenvalue weighted by Gasteiger charge is 2.77. The molecule has 2 saturated heterocycles. The Morgan fingerprint density at radius 3 is 2.24 bits per heavy atom. The Kier molecular flexibility index (Phi) is 7.88. The third-order valence-corrected chi connectivity index (χ3v) is 12.1. The van der Waals surface area contributed by atoms with E-state index in [9.17, 15) is 37.5 Å². The lowest BCUT2D eigenvalue weighted by atomic mass is 9.56. The molecular weight excluding hydrogens is 718 g/mol. The number of thiophene rings is 1. The number of ether oxygens (including phenoxy) is 1. The van der Waals surface area contributed by atoms with Crippen LogP contribution in [0.15, 0.2) is 47.4 Å². The molecule has 2 aromatic carbocycles. The number of alkyl halides is 2. The number of benzene rings is 2. The summed E-state index contributed by atoms with van der Waals surface area (Å²) in [5.74, 6) is -21.4. The van der Waals surface area contributed by atoms with Crippen molar-refractivity contribution in [3.63, 3.8) is 0 Å². The lowest BCUT2D eigenvalue weighted by Crippen LogP contribution is -2.60. The fraction of sp³-hybridized carbons (Fsp3) is 0.333. The molecule has 256 valence electrons. The van der Waals surface area contributed by atoms with Crippen LogP contribution in [0.3, 0.4) is 0 Å². The average molecular weight is 742 g/mol. The van der Waals surface area contributed by atoms with Gasteiger partial charge in [0.15, 0.2) is 44.5 Å². The number of rotatable bonds is 6. The first-order valence-electron chi connectivity index (χ1n) is 15.0. The number of likely N-dealkylation sites (tertiary alicyclic amines) is 1. The molecule has 0 bridgehead atoms. The van der Waals surface area contributed by atoms with Crippen LogP contribution >= 0.6 is 34.5 Å². The molecule has 1 saturated carbocycles. The van der Waals surface area contributed by atoms with Crippen LogP contribution < -0.4 is 9.64 Å². The van der Waals surface area contributed by atoms with E-state index in [0.717, 1.165) is 9.78 Å². The fourth-order valence-corrected chi connectivity index (χ4v) is 9.33. The van der Waals surface area contributed by atoms with Crippen molar-refractivity contribution in [1.29, 1.82) is 0 Å². The van der Waals surface area contributed by atoms with Crippen LogP contribution in [0.2, 0.25) is 0 Å². The monoisotopic (exact) mass is 740 g/mol. The number of anilines is 1. The molecule has 3 fully saturated rings. The highest BCUT2D eigenvalue weighted by atomic mass is 35.5. The first kappa shape index (κ1) is 33.5. The molecule has 2 aliphatic carbocycles. The van der Waals surface area contributed by atoms with E-state index in [4.69, 9.17) is 27.9 Å². The summed E-state index contributed by atoms with van der Waals surface area (Å²) in [6.45, 7) is 1.70. The van der Waals surface area contributed by atoms with Gasteiger partial charge in [0.1, 0.15) is 5.69 Å². The van der Waals surface area contributed by atoms with Crippen molar-refractivity contribution in [3.8, 4) is 11.5 Å². The molecule has 0 spiro atoms.